The number of carbonyl (C=O) groups is 2. The lowest BCUT2D eigenvalue weighted by Gasteiger charge is -2.17. The van der Waals surface area contributed by atoms with E-state index in [-0.39, 0.29) is 24.2 Å². The topological polar surface area (TPSA) is 62.3 Å². The van der Waals surface area contributed by atoms with Gasteiger partial charge in [-0.25, -0.2) is 0 Å². The molecular weight excluding hydrogens is 338 g/mol. The molecule has 136 valence electrons. The van der Waals surface area contributed by atoms with Crippen molar-refractivity contribution < 1.29 is 9.59 Å². The molecule has 1 N–H and O–H groups in total. The van der Waals surface area contributed by atoms with Gasteiger partial charge in [-0.2, -0.15) is 0 Å². The largest absolute Gasteiger partial charge is 0.342 e. The lowest BCUT2D eigenvalue weighted by Crippen LogP contribution is -2.30. The van der Waals surface area contributed by atoms with Crippen LogP contribution in [0.4, 0.5) is 5.69 Å². The van der Waals surface area contributed by atoms with Crippen molar-refractivity contribution in [3.63, 3.8) is 0 Å². The van der Waals surface area contributed by atoms with Gasteiger partial charge in [-0.1, -0.05) is 36.4 Å². The van der Waals surface area contributed by atoms with Crippen LogP contribution in [-0.2, 0) is 16.0 Å². The molecule has 1 aliphatic heterocycles. The average molecular weight is 359 g/mol. The van der Waals surface area contributed by atoms with Crippen LogP contribution in [0.15, 0.2) is 66.9 Å². The predicted octanol–water partition coefficient (Wildman–Crippen LogP) is 3.26. The lowest BCUT2D eigenvalue weighted by molar-refractivity contribution is -0.128. The quantitative estimate of drug-likeness (QED) is 0.760. The molecule has 1 fully saturated rings. The van der Waals surface area contributed by atoms with E-state index in [4.69, 9.17) is 0 Å². The summed E-state index contributed by atoms with van der Waals surface area (Å²) in [5.41, 5.74) is 2.77. The number of rotatable bonds is 5. The van der Waals surface area contributed by atoms with Crippen LogP contribution in [0.1, 0.15) is 12.0 Å². The zero-order valence-electron chi connectivity index (χ0n) is 15.0. The van der Waals surface area contributed by atoms with Crippen LogP contribution in [0, 0.1) is 5.92 Å². The molecule has 2 heterocycles. The minimum Gasteiger partial charge on any atom is -0.342 e. The van der Waals surface area contributed by atoms with Crippen molar-refractivity contribution in [2.75, 3.05) is 18.4 Å². The molecule has 5 nitrogen and oxygen atoms in total. The molecule has 2 amide bonds. The summed E-state index contributed by atoms with van der Waals surface area (Å²) in [6.45, 7) is 1.12. The van der Waals surface area contributed by atoms with E-state index >= 15 is 0 Å². The molecular formula is C22H21N3O2. The number of pyridine rings is 1. The maximum Gasteiger partial charge on any atom is 0.229 e. The van der Waals surface area contributed by atoms with E-state index in [1.807, 2.05) is 48.5 Å². The fourth-order valence-electron chi connectivity index (χ4n) is 3.52. The smallest absolute Gasteiger partial charge is 0.229 e. The average Bonchev–Trinajstić information content (AvgIpc) is 3.08. The Bertz CT molecular complexity index is 966. The van der Waals surface area contributed by atoms with Crippen molar-refractivity contribution in [3.8, 4) is 0 Å². The highest BCUT2D eigenvalue weighted by Crippen LogP contribution is 2.24. The summed E-state index contributed by atoms with van der Waals surface area (Å²) >= 11 is 0. The fourth-order valence-corrected chi connectivity index (χ4v) is 3.52. The van der Waals surface area contributed by atoms with Gasteiger partial charge in [0.1, 0.15) is 0 Å². The highest BCUT2D eigenvalue weighted by molar-refractivity contribution is 6.03. The van der Waals surface area contributed by atoms with Gasteiger partial charge in [0, 0.05) is 31.1 Å². The first kappa shape index (κ1) is 17.2. The van der Waals surface area contributed by atoms with Crippen LogP contribution < -0.4 is 5.32 Å². The lowest BCUT2D eigenvalue weighted by atomic mass is 10.1. The summed E-state index contributed by atoms with van der Waals surface area (Å²) in [5.74, 6) is -0.382. The summed E-state index contributed by atoms with van der Waals surface area (Å²) in [7, 11) is 0. The van der Waals surface area contributed by atoms with Gasteiger partial charge in [0.25, 0.3) is 0 Å². The highest BCUT2D eigenvalue weighted by atomic mass is 16.2. The molecule has 0 bridgehead atoms. The second-order valence-corrected chi connectivity index (χ2v) is 6.84. The summed E-state index contributed by atoms with van der Waals surface area (Å²) in [5, 5.41) is 3.89. The molecule has 0 aliphatic carbocycles. The van der Waals surface area contributed by atoms with E-state index in [0.717, 1.165) is 23.0 Å². The third kappa shape index (κ3) is 3.82. The van der Waals surface area contributed by atoms with Crippen LogP contribution in [0.2, 0.25) is 0 Å². The molecule has 0 unspecified atom stereocenters. The molecule has 0 radical (unpaired) electrons. The first-order valence-electron chi connectivity index (χ1n) is 9.17. The Morgan fingerprint density at radius 2 is 1.93 bits per heavy atom. The maximum atomic E-state index is 12.7. The molecule has 0 spiro atoms. The Balaban J connectivity index is 1.40. The Hall–Kier alpha value is -3.21. The number of likely N-dealkylation sites (tertiary alicyclic amines) is 1. The molecule has 3 aromatic rings. The second kappa shape index (κ2) is 7.58. The minimum atomic E-state index is -0.319. The monoisotopic (exact) mass is 359 g/mol. The summed E-state index contributed by atoms with van der Waals surface area (Å²) in [6, 6.07) is 19.5. The third-order valence-electron chi connectivity index (χ3n) is 5.00. The van der Waals surface area contributed by atoms with Crippen LogP contribution in [0.3, 0.4) is 0 Å². The van der Waals surface area contributed by atoms with E-state index < -0.39 is 0 Å². The number of nitrogens with one attached hydrogen (secondary N) is 1. The molecule has 1 aliphatic rings. The third-order valence-corrected chi connectivity index (χ3v) is 5.00. The van der Waals surface area contributed by atoms with E-state index in [0.29, 0.717) is 13.1 Å². The number of fused-ring (bicyclic) bond motifs is 1. The van der Waals surface area contributed by atoms with Crippen LogP contribution >= 0.6 is 0 Å². The SMILES string of the molecule is O=C(Nc1cccc2ncccc12)[C@@H]1CC(=O)N(CCc2ccccc2)C1. The predicted molar refractivity (Wildman–Crippen MR) is 105 cm³/mol. The maximum absolute atomic E-state index is 12.7. The van der Waals surface area contributed by atoms with E-state index in [1.165, 1.54) is 5.56 Å². The van der Waals surface area contributed by atoms with Crippen molar-refractivity contribution in [2.45, 2.75) is 12.8 Å². The van der Waals surface area contributed by atoms with Gasteiger partial charge < -0.3 is 10.2 Å². The number of hydrogen-bond acceptors (Lipinski definition) is 3. The van der Waals surface area contributed by atoms with E-state index in [2.05, 4.69) is 22.4 Å². The molecule has 1 saturated heterocycles. The Kier molecular flexibility index (Phi) is 4.83. The number of aromatic nitrogens is 1. The van der Waals surface area contributed by atoms with Crippen molar-refractivity contribution >= 4 is 28.4 Å². The number of anilines is 1. The van der Waals surface area contributed by atoms with Gasteiger partial charge in [-0.05, 0) is 36.2 Å². The van der Waals surface area contributed by atoms with Gasteiger partial charge in [-0.3, -0.25) is 14.6 Å². The molecule has 1 atom stereocenters. The Morgan fingerprint density at radius 3 is 2.78 bits per heavy atom. The second-order valence-electron chi connectivity index (χ2n) is 6.84. The number of benzene rings is 2. The van der Waals surface area contributed by atoms with Crippen LogP contribution in [0.5, 0.6) is 0 Å². The first-order chi connectivity index (χ1) is 13.2. The van der Waals surface area contributed by atoms with Gasteiger partial charge in [0.2, 0.25) is 11.8 Å². The first-order valence-corrected chi connectivity index (χ1v) is 9.17. The van der Waals surface area contributed by atoms with E-state index in [1.54, 1.807) is 11.1 Å². The molecule has 1 aromatic heterocycles. The molecule has 4 rings (SSSR count). The minimum absolute atomic E-state index is 0.0469. The summed E-state index contributed by atoms with van der Waals surface area (Å²) in [6.07, 6.45) is 2.80. The number of nitrogens with zero attached hydrogens (tertiary/aromatic N) is 2. The summed E-state index contributed by atoms with van der Waals surface area (Å²) in [4.78, 5) is 31.1. The normalized spacial score (nSPS) is 16.7. The van der Waals surface area contributed by atoms with Crippen LogP contribution in [-0.4, -0.2) is 34.8 Å². The Morgan fingerprint density at radius 1 is 1.07 bits per heavy atom. The van der Waals surface area contributed by atoms with Crippen molar-refractivity contribution in [2.24, 2.45) is 5.92 Å². The van der Waals surface area contributed by atoms with Gasteiger partial charge in [0.15, 0.2) is 0 Å². The van der Waals surface area contributed by atoms with Crippen molar-refractivity contribution in [1.82, 2.24) is 9.88 Å². The molecule has 0 saturated carbocycles. The van der Waals surface area contributed by atoms with Crippen molar-refractivity contribution in [3.05, 3.63) is 72.4 Å². The standard InChI is InChI=1S/C22H21N3O2/c26-21-14-17(15-25(21)13-11-16-6-2-1-3-7-16)22(27)24-20-10-4-9-19-18(20)8-5-12-23-19/h1-10,12,17H,11,13-15H2,(H,24,27)/t17-/m1/s1. The molecule has 5 heteroatoms. The molecule has 2 aromatic carbocycles. The van der Waals surface area contributed by atoms with Crippen molar-refractivity contribution in [1.29, 1.82) is 0 Å². The highest BCUT2D eigenvalue weighted by Gasteiger charge is 2.34. The fraction of sp³-hybridized carbons (Fsp3) is 0.227. The van der Waals surface area contributed by atoms with Gasteiger partial charge in [0.05, 0.1) is 17.1 Å². The van der Waals surface area contributed by atoms with Gasteiger partial charge >= 0.3 is 0 Å². The van der Waals surface area contributed by atoms with E-state index in [9.17, 15) is 9.59 Å². The molecule has 27 heavy (non-hydrogen) atoms. The Labute approximate surface area is 158 Å². The summed E-state index contributed by atoms with van der Waals surface area (Å²) < 4.78 is 0. The van der Waals surface area contributed by atoms with Gasteiger partial charge in [-0.15, -0.1) is 0 Å². The van der Waals surface area contributed by atoms with Crippen LogP contribution in [0.25, 0.3) is 10.9 Å². The zero-order chi connectivity index (χ0) is 18.6. The number of carbonyl (C=O) groups excluding carboxylic acids is 2. The number of amides is 2. The zero-order valence-corrected chi connectivity index (χ0v) is 15.0. The number of hydrogen-bond donors (Lipinski definition) is 1.